The minimum atomic E-state index is 1.08. The summed E-state index contributed by atoms with van der Waals surface area (Å²) < 4.78 is 0. The zero-order valence-electron chi connectivity index (χ0n) is 43.8. The molecule has 0 unspecified atom stereocenters. The van der Waals surface area contributed by atoms with E-state index in [1.807, 2.05) is 0 Å². The number of anilines is 6. The first-order chi connectivity index (χ1) is 39.6. The van der Waals surface area contributed by atoms with E-state index in [0.717, 1.165) is 34.1 Å². The lowest BCUT2D eigenvalue weighted by molar-refractivity contribution is 1.30. The summed E-state index contributed by atoms with van der Waals surface area (Å²) in [5.74, 6) is 0. The number of fused-ring (bicyclic) bond motifs is 10. The highest BCUT2D eigenvalue weighted by molar-refractivity contribution is 6.24. The molecule has 2 nitrogen and oxygen atoms in total. The van der Waals surface area contributed by atoms with Crippen molar-refractivity contribution in [3.8, 4) is 22.3 Å². The summed E-state index contributed by atoms with van der Waals surface area (Å²) in [4.78, 5) is 4.89. The minimum Gasteiger partial charge on any atom is -0.310 e. The Labute approximate surface area is 463 Å². The van der Waals surface area contributed by atoms with Crippen molar-refractivity contribution in [3.63, 3.8) is 0 Å². The van der Waals surface area contributed by atoms with Gasteiger partial charge in [0.15, 0.2) is 0 Å². The van der Waals surface area contributed by atoms with Gasteiger partial charge in [-0.3, -0.25) is 0 Å². The number of hydrogen-bond acceptors (Lipinski definition) is 2. The molecule has 0 amide bonds. The Hall–Kier alpha value is -10.5. The third kappa shape index (κ3) is 7.72. The fourth-order valence-corrected chi connectivity index (χ4v) is 12.8. The summed E-state index contributed by atoms with van der Waals surface area (Å²) in [6, 6.07) is 113. The molecular weight excluding hydrogens is 965 g/mol. The number of rotatable bonds is 8. The fraction of sp³-hybridized carbons (Fsp3) is 0. The van der Waals surface area contributed by atoms with Crippen LogP contribution in [0.4, 0.5) is 34.1 Å². The molecule has 0 fully saturated rings. The molecule has 0 radical (unpaired) electrons. The molecule has 0 aliphatic carbocycles. The van der Waals surface area contributed by atoms with E-state index in [0.29, 0.717) is 0 Å². The smallest absolute Gasteiger partial charge is 0.0468 e. The molecule has 0 N–H and O–H groups in total. The van der Waals surface area contributed by atoms with E-state index in [1.54, 1.807) is 0 Å². The Morgan fingerprint density at radius 3 is 0.838 bits per heavy atom. The monoisotopic (exact) mass is 1010 g/mol. The maximum absolute atomic E-state index is 2.47. The van der Waals surface area contributed by atoms with E-state index < -0.39 is 0 Å². The number of benzene rings is 16. The van der Waals surface area contributed by atoms with Crippen molar-refractivity contribution in [2.45, 2.75) is 0 Å². The summed E-state index contributed by atoms with van der Waals surface area (Å²) in [5.41, 5.74) is 11.3. The molecule has 2 heteroatoms. The van der Waals surface area contributed by atoms with Crippen molar-refractivity contribution in [3.05, 3.63) is 303 Å². The van der Waals surface area contributed by atoms with E-state index in [-0.39, 0.29) is 0 Å². The Morgan fingerprint density at radius 2 is 0.412 bits per heavy atom. The normalized spacial score (nSPS) is 11.8. The fourth-order valence-electron chi connectivity index (χ4n) is 12.8. The van der Waals surface area contributed by atoms with Gasteiger partial charge >= 0.3 is 0 Å². The van der Waals surface area contributed by atoms with Crippen LogP contribution >= 0.6 is 0 Å². The molecule has 0 aromatic heterocycles. The second-order valence-electron chi connectivity index (χ2n) is 21.3. The molecule has 0 heterocycles. The molecule has 0 saturated carbocycles. The van der Waals surface area contributed by atoms with Crippen LogP contribution in [0.3, 0.4) is 0 Å². The molecule has 0 aliphatic rings. The third-order valence-electron chi connectivity index (χ3n) is 16.6. The first kappa shape index (κ1) is 45.6. The average Bonchev–Trinajstić information content (AvgIpc) is 3.61. The molecule has 0 saturated heterocycles. The Bertz CT molecular complexity index is 5010. The Balaban J connectivity index is 1.01. The molecule has 0 bridgehead atoms. The van der Waals surface area contributed by atoms with E-state index in [1.165, 1.54) is 119 Å². The Kier molecular flexibility index (Phi) is 10.6. The van der Waals surface area contributed by atoms with Crippen LogP contribution in [0.5, 0.6) is 0 Å². The van der Waals surface area contributed by atoms with Gasteiger partial charge < -0.3 is 9.80 Å². The lowest BCUT2D eigenvalue weighted by Gasteiger charge is -2.29. The lowest BCUT2D eigenvalue weighted by Crippen LogP contribution is -2.10. The summed E-state index contributed by atoms with van der Waals surface area (Å²) in [6.45, 7) is 0. The van der Waals surface area contributed by atoms with Crippen LogP contribution in [0, 0.1) is 0 Å². The van der Waals surface area contributed by atoms with Crippen LogP contribution in [0.1, 0.15) is 0 Å². The van der Waals surface area contributed by atoms with Gasteiger partial charge in [0.05, 0.1) is 0 Å². The van der Waals surface area contributed by atoms with Gasteiger partial charge in [-0.05, 0) is 204 Å². The van der Waals surface area contributed by atoms with Crippen LogP contribution < -0.4 is 9.80 Å². The molecule has 16 aromatic rings. The number of hydrogen-bond donors (Lipinski definition) is 0. The molecule has 0 atom stereocenters. The van der Waals surface area contributed by atoms with E-state index in [9.17, 15) is 0 Å². The van der Waals surface area contributed by atoms with Gasteiger partial charge in [-0.15, -0.1) is 0 Å². The molecule has 0 spiro atoms. The van der Waals surface area contributed by atoms with Crippen molar-refractivity contribution < 1.29 is 0 Å². The molecular formula is C78H50N2. The zero-order valence-corrected chi connectivity index (χ0v) is 43.8. The van der Waals surface area contributed by atoms with Crippen LogP contribution in [0.25, 0.3) is 119 Å². The molecule has 16 rings (SSSR count). The van der Waals surface area contributed by atoms with E-state index in [2.05, 4.69) is 313 Å². The van der Waals surface area contributed by atoms with Crippen molar-refractivity contribution in [1.29, 1.82) is 0 Å². The predicted molar refractivity (Wildman–Crippen MR) is 344 cm³/mol. The summed E-state index contributed by atoms with van der Waals surface area (Å²) in [7, 11) is 0. The van der Waals surface area contributed by atoms with Gasteiger partial charge in [-0.2, -0.15) is 0 Å². The van der Waals surface area contributed by atoms with Crippen molar-refractivity contribution in [2.75, 3.05) is 9.80 Å². The SMILES string of the molecule is c1ccc2cc(-c3c4ccc(N(c5ccc6ccccc6c5)c5ccc6ccccc6c5)cc4c(-c4ccc5c(ccc6ccccc65)c4)c4ccc(N(c5ccc6ccccc6c5)c5ccc6ccccc6c5)cc34)ccc2c1. The maximum atomic E-state index is 2.47. The van der Waals surface area contributed by atoms with Crippen LogP contribution in [0.2, 0.25) is 0 Å². The predicted octanol–water partition coefficient (Wildman–Crippen LogP) is 22.3. The third-order valence-corrected chi connectivity index (χ3v) is 16.6. The molecule has 0 aliphatic heterocycles. The second-order valence-corrected chi connectivity index (χ2v) is 21.3. The van der Waals surface area contributed by atoms with Gasteiger partial charge in [-0.1, -0.05) is 218 Å². The zero-order chi connectivity index (χ0) is 52.7. The highest BCUT2D eigenvalue weighted by atomic mass is 15.1. The van der Waals surface area contributed by atoms with Gasteiger partial charge in [0.25, 0.3) is 0 Å². The standard InChI is InChI=1S/C78H50N2/c1-6-19-57-43-63(28-25-51(57)13-1)77-73-41-38-70(80(67-36-31-54-16-4-9-22-60(54)47-67)68-37-32-55-17-5-10-23-61(55)48-68)50-76(73)78(64-33-40-72-62(44-64)27-26-56-18-11-12-24-71(56)72)74-42-39-69(49-75(74)77)79(65-34-29-52-14-2-7-20-58(52)45-65)66-35-30-53-15-3-8-21-59(53)46-66/h1-50H. The first-order valence-corrected chi connectivity index (χ1v) is 27.6. The van der Waals surface area contributed by atoms with Gasteiger partial charge in [-0.25, -0.2) is 0 Å². The van der Waals surface area contributed by atoms with E-state index >= 15 is 0 Å². The second kappa shape index (κ2) is 18.6. The maximum Gasteiger partial charge on any atom is 0.0468 e. The van der Waals surface area contributed by atoms with Crippen molar-refractivity contribution >= 4 is 131 Å². The average molecular weight is 1020 g/mol. The minimum absolute atomic E-state index is 1.08. The highest BCUT2D eigenvalue weighted by Gasteiger charge is 2.24. The van der Waals surface area contributed by atoms with Crippen molar-refractivity contribution in [2.24, 2.45) is 0 Å². The molecule has 372 valence electrons. The quantitative estimate of drug-likeness (QED) is 0.111. The van der Waals surface area contributed by atoms with Crippen LogP contribution in [0.15, 0.2) is 303 Å². The summed E-state index contributed by atoms with van der Waals surface area (Å²) >= 11 is 0. The van der Waals surface area contributed by atoms with Crippen LogP contribution in [-0.2, 0) is 0 Å². The largest absolute Gasteiger partial charge is 0.310 e. The van der Waals surface area contributed by atoms with Crippen LogP contribution in [-0.4, -0.2) is 0 Å². The Morgan fingerprint density at radius 1 is 0.150 bits per heavy atom. The van der Waals surface area contributed by atoms with Gasteiger partial charge in [0.2, 0.25) is 0 Å². The molecule has 16 aromatic carbocycles. The number of nitrogens with zero attached hydrogens (tertiary/aromatic N) is 2. The first-order valence-electron chi connectivity index (χ1n) is 27.6. The summed E-state index contributed by atoms with van der Waals surface area (Å²) in [5, 5.41) is 21.7. The topological polar surface area (TPSA) is 6.48 Å². The molecule has 80 heavy (non-hydrogen) atoms. The van der Waals surface area contributed by atoms with E-state index in [4.69, 9.17) is 0 Å². The van der Waals surface area contributed by atoms with Gasteiger partial charge in [0.1, 0.15) is 0 Å². The highest BCUT2D eigenvalue weighted by Crippen LogP contribution is 2.50. The summed E-state index contributed by atoms with van der Waals surface area (Å²) in [6.07, 6.45) is 0. The van der Waals surface area contributed by atoms with Crippen molar-refractivity contribution in [1.82, 2.24) is 0 Å². The lowest BCUT2D eigenvalue weighted by atomic mass is 9.84. The van der Waals surface area contributed by atoms with Gasteiger partial charge in [0, 0.05) is 34.1 Å².